The van der Waals surface area contributed by atoms with Crippen LogP contribution >= 0.6 is 0 Å². The van der Waals surface area contributed by atoms with Gasteiger partial charge in [-0.3, -0.25) is 0 Å². The van der Waals surface area contributed by atoms with Gasteiger partial charge >= 0.3 is 11.7 Å². The van der Waals surface area contributed by atoms with Gasteiger partial charge in [-0.25, -0.2) is 9.59 Å². The monoisotopic (exact) mass is 184 g/mol. The third-order valence-electron chi connectivity index (χ3n) is 1.30. The number of tetrazole rings is 1. The smallest absolute Gasteiger partial charge is 0.367 e. The van der Waals surface area contributed by atoms with Gasteiger partial charge in [-0.1, -0.05) is 0 Å². The lowest BCUT2D eigenvalue weighted by Crippen LogP contribution is -2.19. The molecular weight excluding hydrogens is 176 g/mol. The summed E-state index contributed by atoms with van der Waals surface area (Å²) in [6, 6.07) is 0. The zero-order chi connectivity index (χ0) is 9.84. The first-order chi connectivity index (χ1) is 6.15. The topological polar surface area (TPSA) is 79.0 Å². The molecule has 0 bridgehead atoms. The van der Waals surface area contributed by atoms with E-state index in [9.17, 15) is 9.59 Å². The molecule has 0 spiro atoms. The fourth-order valence-corrected chi connectivity index (χ4v) is 0.621. The minimum atomic E-state index is -0.558. The van der Waals surface area contributed by atoms with Crippen LogP contribution in [0.3, 0.4) is 0 Å². The summed E-state index contributed by atoms with van der Waals surface area (Å²) in [4.78, 5) is 21.7. The van der Waals surface area contributed by atoms with Gasteiger partial charge in [0.05, 0.1) is 7.11 Å². The number of hydrogen-bond donors (Lipinski definition) is 0. The minimum absolute atomic E-state index is 0.430. The molecule has 0 aliphatic heterocycles. The van der Waals surface area contributed by atoms with Crippen molar-refractivity contribution in [1.82, 2.24) is 19.8 Å². The first-order valence-corrected chi connectivity index (χ1v) is 3.40. The molecule has 0 N–H and O–H groups in total. The van der Waals surface area contributed by atoms with Crippen molar-refractivity contribution in [2.24, 2.45) is 7.05 Å². The molecule has 70 valence electrons. The second-order valence-corrected chi connectivity index (χ2v) is 2.17. The standard InChI is InChI=1S/C6H8N4O3/c1-9-6(12)10(8-7-9)4-3-5(11)13-2/h3-4H,1-2H3/b4-3-. The van der Waals surface area contributed by atoms with E-state index in [1.807, 2.05) is 0 Å². The highest BCUT2D eigenvalue weighted by atomic mass is 16.5. The summed E-state index contributed by atoms with van der Waals surface area (Å²) < 4.78 is 6.29. The molecule has 0 amide bonds. The van der Waals surface area contributed by atoms with Gasteiger partial charge in [-0.2, -0.15) is 9.36 Å². The number of aryl methyl sites for hydroxylation is 1. The van der Waals surface area contributed by atoms with Gasteiger partial charge in [0.2, 0.25) is 0 Å². The van der Waals surface area contributed by atoms with Crippen molar-refractivity contribution in [3.63, 3.8) is 0 Å². The van der Waals surface area contributed by atoms with Crippen LogP contribution < -0.4 is 5.69 Å². The SMILES string of the molecule is COC(=O)/C=C\n1nnn(C)c1=O. The van der Waals surface area contributed by atoms with Gasteiger partial charge in [0.15, 0.2) is 0 Å². The first kappa shape index (κ1) is 9.17. The lowest BCUT2D eigenvalue weighted by atomic mass is 10.6. The van der Waals surface area contributed by atoms with Crippen LogP contribution in [0.5, 0.6) is 0 Å². The van der Waals surface area contributed by atoms with Crippen molar-refractivity contribution >= 4 is 12.2 Å². The van der Waals surface area contributed by atoms with E-state index in [0.29, 0.717) is 0 Å². The van der Waals surface area contributed by atoms with E-state index < -0.39 is 11.7 Å². The number of carbonyl (C=O) groups is 1. The zero-order valence-corrected chi connectivity index (χ0v) is 7.17. The highest BCUT2D eigenvalue weighted by Crippen LogP contribution is 1.79. The Morgan fingerprint density at radius 3 is 2.69 bits per heavy atom. The molecule has 0 fully saturated rings. The Labute approximate surface area is 73.2 Å². The quantitative estimate of drug-likeness (QED) is 0.418. The van der Waals surface area contributed by atoms with E-state index >= 15 is 0 Å². The van der Waals surface area contributed by atoms with Crippen LogP contribution in [0.25, 0.3) is 6.20 Å². The molecule has 1 rings (SSSR count). The van der Waals surface area contributed by atoms with Crippen molar-refractivity contribution in [2.75, 3.05) is 7.11 Å². The average Bonchev–Trinajstić information content (AvgIpc) is 2.44. The van der Waals surface area contributed by atoms with E-state index in [0.717, 1.165) is 15.4 Å². The number of carbonyl (C=O) groups excluding carboxylic acids is 1. The van der Waals surface area contributed by atoms with Crippen molar-refractivity contribution in [3.8, 4) is 0 Å². The largest absolute Gasteiger partial charge is 0.466 e. The third kappa shape index (κ3) is 2.01. The van der Waals surface area contributed by atoms with Crippen molar-refractivity contribution in [3.05, 3.63) is 16.6 Å². The maximum Gasteiger partial charge on any atom is 0.367 e. The van der Waals surface area contributed by atoms with Crippen molar-refractivity contribution < 1.29 is 9.53 Å². The molecule has 7 heteroatoms. The van der Waals surface area contributed by atoms with E-state index in [1.54, 1.807) is 0 Å². The maximum atomic E-state index is 11.1. The van der Waals surface area contributed by atoms with Crippen molar-refractivity contribution in [2.45, 2.75) is 0 Å². The van der Waals surface area contributed by atoms with Gasteiger partial charge < -0.3 is 4.74 Å². The third-order valence-corrected chi connectivity index (χ3v) is 1.30. The molecule has 0 aromatic carbocycles. The highest BCUT2D eigenvalue weighted by molar-refractivity contribution is 5.84. The maximum absolute atomic E-state index is 11.1. The summed E-state index contributed by atoms with van der Waals surface area (Å²) in [6.07, 6.45) is 2.26. The fraction of sp³-hybridized carbons (Fsp3) is 0.333. The van der Waals surface area contributed by atoms with Crippen LogP contribution in [0.15, 0.2) is 10.9 Å². The summed E-state index contributed by atoms with van der Waals surface area (Å²) in [5.74, 6) is -0.558. The molecular formula is C6H8N4O3. The highest BCUT2D eigenvalue weighted by Gasteiger charge is 1.99. The van der Waals surface area contributed by atoms with Crippen molar-refractivity contribution in [1.29, 1.82) is 0 Å². The Hall–Kier alpha value is -1.92. The van der Waals surface area contributed by atoms with E-state index in [2.05, 4.69) is 15.2 Å². The molecule has 13 heavy (non-hydrogen) atoms. The summed E-state index contributed by atoms with van der Waals surface area (Å²) in [5, 5.41) is 6.88. The number of aromatic nitrogens is 4. The fourth-order valence-electron chi connectivity index (χ4n) is 0.621. The Morgan fingerprint density at radius 1 is 1.54 bits per heavy atom. The molecule has 0 saturated carbocycles. The molecule has 0 atom stereocenters. The van der Waals surface area contributed by atoms with Crippen LogP contribution in [0.1, 0.15) is 0 Å². The molecule has 0 aliphatic carbocycles. The number of nitrogens with zero attached hydrogens (tertiary/aromatic N) is 4. The van der Waals surface area contributed by atoms with Gasteiger partial charge in [0.1, 0.15) is 0 Å². The second kappa shape index (κ2) is 3.65. The van der Waals surface area contributed by atoms with Gasteiger partial charge in [0, 0.05) is 19.3 Å². The zero-order valence-electron chi connectivity index (χ0n) is 7.17. The summed E-state index contributed by atoms with van der Waals surface area (Å²) in [5.41, 5.74) is -0.430. The molecule has 0 radical (unpaired) electrons. The van der Waals surface area contributed by atoms with Crippen LogP contribution in [0.2, 0.25) is 0 Å². The molecule has 1 aromatic heterocycles. The predicted molar refractivity (Wildman–Crippen MR) is 42.6 cm³/mol. The predicted octanol–water partition coefficient (Wildman–Crippen LogP) is -1.38. The number of methoxy groups -OCH3 is 1. The lowest BCUT2D eigenvalue weighted by molar-refractivity contribution is -0.134. The molecule has 7 nitrogen and oxygen atoms in total. The Kier molecular flexibility index (Phi) is 2.58. The first-order valence-electron chi connectivity index (χ1n) is 3.40. The normalized spacial score (nSPS) is 10.6. The van der Waals surface area contributed by atoms with Crippen LogP contribution in [-0.4, -0.2) is 32.9 Å². The molecule has 0 unspecified atom stereocenters. The summed E-state index contributed by atoms with van der Waals surface area (Å²) in [6.45, 7) is 0. The van der Waals surface area contributed by atoms with Crippen LogP contribution in [0.4, 0.5) is 0 Å². The molecule has 1 heterocycles. The Morgan fingerprint density at radius 2 is 2.23 bits per heavy atom. The Bertz CT molecular complexity index is 389. The van der Waals surface area contributed by atoms with E-state index in [4.69, 9.17) is 0 Å². The van der Waals surface area contributed by atoms with Crippen LogP contribution in [0, 0.1) is 0 Å². The van der Waals surface area contributed by atoms with Gasteiger partial charge in [-0.05, 0) is 10.4 Å². The summed E-state index contributed by atoms with van der Waals surface area (Å²) in [7, 11) is 2.70. The van der Waals surface area contributed by atoms with E-state index in [1.165, 1.54) is 20.4 Å². The van der Waals surface area contributed by atoms with Gasteiger partial charge in [-0.15, -0.1) is 0 Å². The molecule has 0 aliphatic rings. The van der Waals surface area contributed by atoms with Crippen LogP contribution in [-0.2, 0) is 16.6 Å². The average molecular weight is 184 g/mol. The number of hydrogen-bond acceptors (Lipinski definition) is 5. The number of rotatable bonds is 2. The second-order valence-electron chi connectivity index (χ2n) is 2.17. The molecule has 0 saturated heterocycles. The Balaban J connectivity index is 2.86. The lowest BCUT2D eigenvalue weighted by Gasteiger charge is -1.88. The molecule has 1 aromatic rings. The van der Waals surface area contributed by atoms with Gasteiger partial charge in [0.25, 0.3) is 0 Å². The summed E-state index contributed by atoms with van der Waals surface area (Å²) >= 11 is 0. The number of ether oxygens (including phenoxy) is 1. The number of esters is 1. The van der Waals surface area contributed by atoms with E-state index in [-0.39, 0.29) is 0 Å². The minimum Gasteiger partial charge on any atom is -0.466 e.